The summed E-state index contributed by atoms with van der Waals surface area (Å²) in [5.41, 5.74) is 0. The number of carboxylic acid groups (broad SMARTS) is 1. The minimum atomic E-state index is -0.951. The highest BCUT2D eigenvalue weighted by Crippen LogP contribution is 2.18. The van der Waals surface area contributed by atoms with Crippen LogP contribution in [0.2, 0.25) is 0 Å². The Morgan fingerprint density at radius 2 is 2.24 bits per heavy atom. The number of nitrogens with zero attached hydrogens (tertiary/aromatic N) is 5. The molecule has 3 rings (SSSR count). The van der Waals surface area contributed by atoms with Gasteiger partial charge in [-0.05, 0) is 25.3 Å². The summed E-state index contributed by atoms with van der Waals surface area (Å²) in [5, 5.41) is 13.4. The molecule has 2 aromatic heterocycles. The number of rotatable bonds is 3. The maximum absolute atomic E-state index is 12.3. The summed E-state index contributed by atoms with van der Waals surface area (Å²) in [4.78, 5) is 33.2. The number of fused-ring (bicyclic) bond motifs is 1. The molecular formula is C13H15N5O3. The van der Waals surface area contributed by atoms with E-state index in [4.69, 9.17) is 0 Å². The molecule has 21 heavy (non-hydrogen) atoms. The third-order valence-electron chi connectivity index (χ3n) is 3.58. The van der Waals surface area contributed by atoms with E-state index in [0.29, 0.717) is 24.6 Å². The van der Waals surface area contributed by atoms with Crippen molar-refractivity contribution < 1.29 is 14.7 Å². The lowest BCUT2D eigenvalue weighted by Gasteiger charge is -2.32. The summed E-state index contributed by atoms with van der Waals surface area (Å²) in [6.45, 7) is 0.474. The maximum Gasteiger partial charge on any atom is 0.326 e. The zero-order valence-corrected chi connectivity index (χ0v) is 11.3. The monoisotopic (exact) mass is 289 g/mol. The van der Waals surface area contributed by atoms with E-state index in [-0.39, 0.29) is 12.3 Å². The summed E-state index contributed by atoms with van der Waals surface area (Å²) in [6, 6.07) is 0.986. The fourth-order valence-corrected chi connectivity index (χ4v) is 2.57. The smallest absolute Gasteiger partial charge is 0.326 e. The fourth-order valence-electron chi connectivity index (χ4n) is 2.57. The van der Waals surface area contributed by atoms with Crippen LogP contribution in [0.15, 0.2) is 18.5 Å². The number of hydrogen-bond donors (Lipinski definition) is 1. The molecule has 1 unspecified atom stereocenters. The van der Waals surface area contributed by atoms with Crippen LogP contribution in [-0.4, -0.2) is 54.1 Å². The molecule has 1 fully saturated rings. The number of hydrogen-bond acceptors (Lipinski definition) is 5. The van der Waals surface area contributed by atoms with Crippen LogP contribution in [0.1, 0.15) is 25.1 Å². The van der Waals surface area contributed by atoms with Gasteiger partial charge in [0.05, 0.1) is 6.42 Å². The first kappa shape index (κ1) is 13.5. The van der Waals surface area contributed by atoms with E-state index in [1.165, 1.54) is 9.42 Å². The van der Waals surface area contributed by atoms with Gasteiger partial charge < -0.3 is 10.0 Å². The Hall–Kier alpha value is -2.51. The van der Waals surface area contributed by atoms with Gasteiger partial charge in [-0.25, -0.2) is 14.3 Å². The first-order valence-corrected chi connectivity index (χ1v) is 6.84. The minimum Gasteiger partial charge on any atom is -0.480 e. The molecule has 1 amide bonds. The van der Waals surface area contributed by atoms with E-state index in [2.05, 4.69) is 15.1 Å². The number of amides is 1. The van der Waals surface area contributed by atoms with Crippen LogP contribution in [0, 0.1) is 0 Å². The van der Waals surface area contributed by atoms with E-state index >= 15 is 0 Å². The van der Waals surface area contributed by atoms with Gasteiger partial charge in [0.1, 0.15) is 6.04 Å². The van der Waals surface area contributed by atoms with Crippen LogP contribution in [-0.2, 0) is 16.0 Å². The van der Waals surface area contributed by atoms with Crippen molar-refractivity contribution in [2.24, 2.45) is 0 Å². The lowest BCUT2D eigenvalue weighted by atomic mass is 10.0. The molecule has 1 saturated heterocycles. The van der Waals surface area contributed by atoms with E-state index in [1.54, 1.807) is 18.5 Å². The summed E-state index contributed by atoms with van der Waals surface area (Å²) in [7, 11) is 0. The molecule has 1 aliphatic heterocycles. The molecule has 1 aliphatic rings. The number of carbonyl (C=O) groups excluding carboxylic acids is 1. The first-order chi connectivity index (χ1) is 10.1. The van der Waals surface area contributed by atoms with E-state index in [0.717, 1.165) is 12.8 Å². The number of carbonyl (C=O) groups is 2. The molecule has 0 saturated carbocycles. The summed E-state index contributed by atoms with van der Waals surface area (Å²) in [6.07, 6.45) is 5.45. The number of carboxylic acids is 1. The van der Waals surface area contributed by atoms with Crippen molar-refractivity contribution in [3.8, 4) is 0 Å². The second kappa shape index (κ2) is 5.47. The molecule has 0 aliphatic carbocycles. The molecule has 0 spiro atoms. The van der Waals surface area contributed by atoms with Gasteiger partial charge in [0.25, 0.3) is 5.78 Å². The molecule has 8 nitrogen and oxygen atoms in total. The number of likely N-dealkylation sites (tertiary alicyclic amines) is 1. The van der Waals surface area contributed by atoms with Crippen LogP contribution < -0.4 is 0 Å². The molecule has 1 atom stereocenters. The van der Waals surface area contributed by atoms with Crippen molar-refractivity contribution in [3.63, 3.8) is 0 Å². The van der Waals surface area contributed by atoms with Crippen molar-refractivity contribution in [1.29, 1.82) is 0 Å². The van der Waals surface area contributed by atoms with Gasteiger partial charge in [-0.15, -0.1) is 5.10 Å². The highest BCUT2D eigenvalue weighted by Gasteiger charge is 2.32. The standard InChI is InChI=1S/C13H15N5O3/c19-11(17-6-2-1-4-9(17)12(20)21)8-10-15-13-14-5-3-7-18(13)16-10/h3,5,7,9H,1-2,4,6,8H2,(H,20,21). The molecule has 1 N–H and O–H groups in total. The molecule has 110 valence electrons. The molecule has 8 heteroatoms. The zero-order chi connectivity index (χ0) is 14.8. The second-order valence-corrected chi connectivity index (χ2v) is 5.01. The molecule has 0 radical (unpaired) electrons. The lowest BCUT2D eigenvalue weighted by molar-refractivity contribution is -0.151. The van der Waals surface area contributed by atoms with Crippen molar-refractivity contribution in [2.75, 3.05) is 6.54 Å². The highest BCUT2D eigenvalue weighted by molar-refractivity contribution is 5.84. The predicted octanol–water partition coefficient (Wildman–Crippen LogP) is 0.132. The Balaban J connectivity index is 1.76. The number of aliphatic carboxylic acids is 1. The molecule has 0 aromatic carbocycles. The van der Waals surface area contributed by atoms with Crippen molar-refractivity contribution in [2.45, 2.75) is 31.7 Å². The fraction of sp³-hybridized carbons (Fsp3) is 0.462. The predicted molar refractivity (Wildman–Crippen MR) is 71.5 cm³/mol. The van der Waals surface area contributed by atoms with Gasteiger partial charge in [0.2, 0.25) is 5.91 Å². The largest absolute Gasteiger partial charge is 0.480 e. The van der Waals surface area contributed by atoms with Gasteiger partial charge in [-0.2, -0.15) is 4.98 Å². The minimum absolute atomic E-state index is 0.00681. The van der Waals surface area contributed by atoms with Gasteiger partial charge >= 0.3 is 5.97 Å². The Morgan fingerprint density at radius 1 is 1.38 bits per heavy atom. The SMILES string of the molecule is O=C(O)C1CCCCN1C(=O)Cc1nc2ncccn2n1. The van der Waals surface area contributed by atoms with E-state index in [9.17, 15) is 14.7 Å². The molecule has 3 heterocycles. The Kier molecular flexibility index (Phi) is 3.51. The van der Waals surface area contributed by atoms with Gasteiger partial charge in [0, 0.05) is 18.9 Å². The number of piperidine rings is 1. The third-order valence-corrected chi connectivity index (χ3v) is 3.58. The van der Waals surface area contributed by atoms with Crippen LogP contribution in [0.25, 0.3) is 5.78 Å². The third kappa shape index (κ3) is 2.69. The Bertz CT molecular complexity index is 650. The first-order valence-electron chi connectivity index (χ1n) is 6.84. The number of aromatic nitrogens is 4. The Morgan fingerprint density at radius 3 is 3.00 bits per heavy atom. The summed E-state index contributed by atoms with van der Waals surface area (Å²) in [5.74, 6) is -0.423. The van der Waals surface area contributed by atoms with E-state index in [1.807, 2.05) is 0 Å². The highest BCUT2D eigenvalue weighted by atomic mass is 16.4. The van der Waals surface area contributed by atoms with Crippen LogP contribution >= 0.6 is 0 Å². The quantitative estimate of drug-likeness (QED) is 0.862. The Labute approximate surface area is 120 Å². The molecule has 2 aromatic rings. The van der Waals surface area contributed by atoms with Crippen LogP contribution in [0.4, 0.5) is 0 Å². The summed E-state index contributed by atoms with van der Waals surface area (Å²) >= 11 is 0. The average Bonchev–Trinajstić information content (AvgIpc) is 2.89. The maximum atomic E-state index is 12.3. The molecule has 0 bridgehead atoms. The normalized spacial score (nSPS) is 18.9. The second-order valence-electron chi connectivity index (χ2n) is 5.01. The topological polar surface area (TPSA) is 101 Å². The van der Waals surface area contributed by atoms with Gasteiger partial charge in [0.15, 0.2) is 5.82 Å². The average molecular weight is 289 g/mol. The van der Waals surface area contributed by atoms with Crippen molar-refractivity contribution in [1.82, 2.24) is 24.5 Å². The summed E-state index contributed by atoms with van der Waals surface area (Å²) < 4.78 is 1.49. The van der Waals surface area contributed by atoms with Crippen LogP contribution in [0.5, 0.6) is 0 Å². The zero-order valence-electron chi connectivity index (χ0n) is 11.3. The van der Waals surface area contributed by atoms with Gasteiger partial charge in [-0.3, -0.25) is 4.79 Å². The van der Waals surface area contributed by atoms with Crippen molar-refractivity contribution in [3.05, 3.63) is 24.3 Å². The lowest BCUT2D eigenvalue weighted by Crippen LogP contribution is -2.48. The van der Waals surface area contributed by atoms with Crippen molar-refractivity contribution >= 4 is 17.7 Å². The molecular weight excluding hydrogens is 274 g/mol. The van der Waals surface area contributed by atoms with E-state index < -0.39 is 12.0 Å². The van der Waals surface area contributed by atoms with Crippen LogP contribution in [0.3, 0.4) is 0 Å². The van der Waals surface area contributed by atoms with Gasteiger partial charge in [-0.1, -0.05) is 0 Å².